The third kappa shape index (κ3) is 3.15. The second kappa shape index (κ2) is 5.90. The molecule has 0 aromatic heterocycles. The molecule has 6 nitrogen and oxygen atoms in total. The third-order valence-electron chi connectivity index (χ3n) is 3.44. The van der Waals surface area contributed by atoms with Gasteiger partial charge in [-0.15, -0.1) is 0 Å². The summed E-state index contributed by atoms with van der Waals surface area (Å²) in [5.41, 5.74) is 13.1. The lowest BCUT2D eigenvalue weighted by molar-refractivity contribution is 0.100. The molecule has 0 aliphatic carbocycles. The highest BCUT2D eigenvalue weighted by Gasteiger charge is 2.18. The van der Waals surface area contributed by atoms with Gasteiger partial charge in [0, 0.05) is 38.3 Å². The maximum absolute atomic E-state index is 11.1. The highest BCUT2D eigenvalue weighted by Crippen LogP contribution is 2.25. The Bertz CT molecular complexity index is 456. The maximum Gasteiger partial charge on any atom is 0.248 e. The number of β-amino-alcohol motifs (C(OH)–C–C–N with tert-alkyl or cyclic N) is 1. The van der Waals surface area contributed by atoms with Gasteiger partial charge in [-0.25, -0.2) is 0 Å². The number of hydrogen-bond acceptors (Lipinski definition) is 5. The first-order chi connectivity index (χ1) is 9.11. The summed E-state index contributed by atoms with van der Waals surface area (Å²) in [5, 5.41) is 8.91. The third-order valence-corrected chi connectivity index (χ3v) is 3.44. The largest absolute Gasteiger partial charge is 0.397 e. The van der Waals surface area contributed by atoms with Crippen LogP contribution in [0.15, 0.2) is 18.2 Å². The van der Waals surface area contributed by atoms with Crippen molar-refractivity contribution in [1.29, 1.82) is 0 Å². The number of anilines is 2. The van der Waals surface area contributed by atoms with Crippen LogP contribution in [0.1, 0.15) is 10.4 Å². The van der Waals surface area contributed by atoms with E-state index in [4.69, 9.17) is 16.6 Å². The molecule has 1 aromatic rings. The molecule has 0 spiro atoms. The number of aliphatic hydroxyl groups is 1. The van der Waals surface area contributed by atoms with Gasteiger partial charge in [0.1, 0.15) is 0 Å². The molecule has 0 unspecified atom stereocenters. The highest BCUT2D eigenvalue weighted by atomic mass is 16.3. The Morgan fingerprint density at radius 1 is 1.26 bits per heavy atom. The number of hydrogen-bond donors (Lipinski definition) is 3. The summed E-state index contributed by atoms with van der Waals surface area (Å²) in [6, 6.07) is 5.17. The number of piperazine rings is 1. The van der Waals surface area contributed by atoms with Gasteiger partial charge >= 0.3 is 0 Å². The molecule has 1 saturated heterocycles. The molecule has 1 aliphatic heterocycles. The van der Waals surface area contributed by atoms with Crippen LogP contribution < -0.4 is 16.4 Å². The second-order valence-electron chi connectivity index (χ2n) is 4.69. The minimum absolute atomic E-state index is 0.190. The van der Waals surface area contributed by atoms with Crippen molar-refractivity contribution in [2.75, 3.05) is 50.0 Å². The van der Waals surface area contributed by atoms with E-state index in [0.29, 0.717) is 17.8 Å². The van der Waals surface area contributed by atoms with Crippen LogP contribution in [-0.4, -0.2) is 55.2 Å². The van der Waals surface area contributed by atoms with E-state index in [-0.39, 0.29) is 6.61 Å². The summed E-state index contributed by atoms with van der Waals surface area (Å²) < 4.78 is 0. The van der Waals surface area contributed by atoms with E-state index >= 15 is 0 Å². The van der Waals surface area contributed by atoms with Crippen LogP contribution in [0.5, 0.6) is 0 Å². The first-order valence-corrected chi connectivity index (χ1v) is 6.39. The van der Waals surface area contributed by atoms with Gasteiger partial charge in [-0.3, -0.25) is 9.69 Å². The van der Waals surface area contributed by atoms with E-state index < -0.39 is 5.91 Å². The topological polar surface area (TPSA) is 95.8 Å². The van der Waals surface area contributed by atoms with Crippen LogP contribution in [0, 0.1) is 0 Å². The number of carbonyl (C=O) groups excluding carboxylic acids is 1. The van der Waals surface area contributed by atoms with Crippen molar-refractivity contribution in [3.63, 3.8) is 0 Å². The molecule has 104 valence electrons. The molecule has 5 N–H and O–H groups in total. The van der Waals surface area contributed by atoms with Crippen LogP contribution in [0.2, 0.25) is 0 Å². The zero-order valence-electron chi connectivity index (χ0n) is 10.9. The van der Waals surface area contributed by atoms with Gasteiger partial charge in [-0.2, -0.15) is 0 Å². The van der Waals surface area contributed by atoms with Gasteiger partial charge in [-0.1, -0.05) is 0 Å². The summed E-state index contributed by atoms with van der Waals surface area (Å²) in [4.78, 5) is 15.5. The Morgan fingerprint density at radius 2 is 1.95 bits per heavy atom. The van der Waals surface area contributed by atoms with Crippen LogP contribution in [0.4, 0.5) is 11.4 Å². The van der Waals surface area contributed by atoms with Gasteiger partial charge < -0.3 is 21.5 Å². The van der Waals surface area contributed by atoms with Crippen molar-refractivity contribution in [3.05, 3.63) is 23.8 Å². The number of primary amides is 1. The molecule has 0 radical (unpaired) electrons. The SMILES string of the molecule is NC(=O)c1ccc(N2CCN(CCO)CC2)c(N)c1. The van der Waals surface area contributed by atoms with Gasteiger partial charge in [0.25, 0.3) is 0 Å². The molecular weight excluding hydrogens is 244 g/mol. The van der Waals surface area contributed by atoms with Crippen molar-refractivity contribution >= 4 is 17.3 Å². The molecule has 1 aromatic carbocycles. The molecular formula is C13H20N4O2. The minimum Gasteiger partial charge on any atom is -0.397 e. The summed E-state index contributed by atoms with van der Waals surface area (Å²) >= 11 is 0. The van der Waals surface area contributed by atoms with Gasteiger partial charge in [0.2, 0.25) is 5.91 Å². The lowest BCUT2D eigenvalue weighted by atomic mass is 10.1. The number of rotatable bonds is 4. The molecule has 0 saturated carbocycles. The Hall–Kier alpha value is -1.79. The monoisotopic (exact) mass is 264 g/mol. The summed E-state index contributed by atoms with van der Waals surface area (Å²) in [5.74, 6) is -0.467. The quantitative estimate of drug-likeness (QED) is 0.636. The van der Waals surface area contributed by atoms with E-state index in [1.807, 2.05) is 6.07 Å². The van der Waals surface area contributed by atoms with Gasteiger partial charge in [-0.05, 0) is 18.2 Å². The predicted octanol–water partition coefficient (Wildman–Crippen LogP) is -0.518. The molecule has 0 atom stereocenters. The number of nitrogen functional groups attached to an aromatic ring is 1. The normalized spacial score (nSPS) is 16.6. The Morgan fingerprint density at radius 3 is 2.47 bits per heavy atom. The van der Waals surface area contributed by atoms with E-state index in [2.05, 4.69) is 9.80 Å². The molecule has 1 heterocycles. The Balaban J connectivity index is 2.05. The number of amides is 1. The maximum atomic E-state index is 11.1. The fourth-order valence-electron chi connectivity index (χ4n) is 2.35. The van der Waals surface area contributed by atoms with Crippen LogP contribution >= 0.6 is 0 Å². The van der Waals surface area contributed by atoms with Gasteiger partial charge in [0.05, 0.1) is 18.0 Å². The van der Waals surface area contributed by atoms with Crippen molar-refractivity contribution < 1.29 is 9.90 Å². The first kappa shape index (κ1) is 13.6. The van der Waals surface area contributed by atoms with Crippen LogP contribution in [0.3, 0.4) is 0 Å². The average molecular weight is 264 g/mol. The molecule has 2 rings (SSSR count). The number of nitrogens with two attached hydrogens (primary N) is 2. The molecule has 0 bridgehead atoms. The average Bonchev–Trinajstić information content (AvgIpc) is 2.40. The molecule has 19 heavy (non-hydrogen) atoms. The number of benzene rings is 1. The zero-order valence-corrected chi connectivity index (χ0v) is 10.9. The number of aliphatic hydroxyl groups excluding tert-OH is 1. The van der Waals surface area contributed by atoms with E-state index in [9.17, 15) is 4.79 Å². The minimum atomic E-state index is -0.467. The molecule has 1 aliphatic rings. The standard InChI is InChI=1S/C13H20N4O2/c14-11-9-10(13(15)19)1-2-12(11)17-5-3-16(4-6-17)7-8-18/h1-2,9,18H,3-8,14H2,(H2,15,19). The lowest BCUT2D eigenvalue weighted by Crippen LogP contribution is -2.47. The van der Waals surface area contributed by atoms with Crippen molar-refractivity contribution in [2.45, 2.75) is 0 Å². The molecule has 1 amide bonds. The smallest absolute Gasteiger partial charge is 0.248 e. The first-order valence-electron chi connectivity index (χ1n) is 6.39. The Labute approximate surface area is 112 Å². The summed E-state index contributed by atoms with van der Waals surface area (Å²) in [6.07, 6.45) is 0. The van der Waals surface area contributed by atoms with Crippen molar-refractivity contribution in [1.82, 2.24) is 4.90 Å². The van der Waals surface area contributed by atoms with Crippen LogP contribution in [-0.2, 0) is 0 Å². The van der Waals surface area contributed by atoms with E-state index in [1.54, 1.807) is 12.1 Å². The second-order valence-corrected chi connectivity index (χ2v) is 4.69. The lowest BCUT2D eigenvalue weighted by Gasteiger charge is -2.36. The van der Waals surface area contributed by atoms with Gasteiger partial charge in [0.15, 0.2) is 0 Å². The van der Waals surface area contributed by atoms with Crippen molar-refractivity contribution in [3.8, 4) is 0 Å². The fraction of sp³-hybridized carbons (Fsp3) is 0.462. The van der Waals surface area contributed by atoms with Crippen LogP contribution in [0.25, 0.3) is 0 Å². The highest BCUT2D eigenvalue weighted by molar-refractivity contribution is 5.94. The zero-order chi connectivity index (χ0) is 13.8. The number of nitrogens with zero attached hydrogens (tertiary/aromatic N) is 2. The molecule has 1 fully saturated rings. The van der Waals surface area contributed by atoms with Crippen molar-refractivity contribution in [2.24, 2.45) is 5.73 Å². The van der Waals surface area contributed by atoms with E-state index in [1.165, 1.54) is 0 Å². The summed E-state index contributed by atoms with van der Waals surface area (Å²) in [7, 11) is 0. The predicted molar refractivity (Wildman–Crippen MR) is 75.1 cm³/mol. The number of carbonyl (C=O) groups is 1. The summed E-state index contributed by atoms with van der Waals surface area (Å²) in [6.45, 7) is 4.43. The molecule has 6 heteroatoms. The van der Waals surface area contributed by atoms with E-state index in [0.717, 1.165) is 31.9 Å². The Kier molecular flexibility index (Phi) is 4.24. The fourth-order valence-corrected chi connectivity index (χ4v) is 2.35.